The third-order valence-corrected chi connectivity index (χ3v) is 3.25. The lowest BCUT2D eigenvalue weighted by atomic mass is 10.0. The second-order valence-corrected chi connectivity index (χ2v) is 4.70. The number of carbonyl (C=O) groups excluding carboxylic acids is 1. The van der Waals surface area contributed by atoms with Crippen LogP contribution in [0.3, 0.4) is 0 Å². The summed E-state index contributed by atoms with van der Waals surface area (Å²) >= 11 is 0. The topological polar surface area (TPSA) is 78.0 Å². The fourth-order valence-corrected chi connectivity index (χ4v) is 2.07. The molecule has 1 aromatic carbocycles. The number of carbonyl (C=O) groups is 1. The molecule has 108 valence electrons. The third-order valence-electron chi connectivity index (χ3n) is 3.25. The van der Waals surface area contributed by atoms with Gasteiger partial charge in [-0.05, 0) is 38.5 Å². The molecule has 5 nitrogen and oxygen atoms in total. The lowest BCUT2D eigenvalue weighted by Crippen LogP contribution is -2.15. The summed E-state index contributed by atoms with van der Waals surface area (Å²) < 4.78 is 0. The van der Waals surface area contributed by atoms with Crippen molar-refractivity contribution in [3.63, 3.8) is 0 Å². The third kappa shape index (κ3) is 3.12. The molecule has 0 saturated carbocycles. The van der Waals surface area contributed by atoms with Crippen LogP contribution in [0.2, 0.25) is 0 Å². The Morgan fingerprint density at radius 1 is 1.38 bits per heavy atom. The van der Waals surface area contributed by atoms with Crippen molar-refractivity contribution in [2.75, 3.05) is 11.9 Å². The molecule has 2 rings (SSSR count). The van der Waals surface area contributed by atoms with Crippen LogP contribution in [0.1, 0.15) is 32.9 Å². The molecule has 0 spiro atoms. The van der Waals surface area contributed by atoms with Gasteiger partial charge in [0, 0.05) is 11.1 Å². The highest BCUT2D eigenvalue weighted by atomic mass is 16.2. The minimum Gasteiger partial charge on any atom is -0.384 e. The van der Waals surface area contributed by atoms with Crippen molar-refractivity contribution in [1.29, 1.82) is 0 Å². The Labute approximate surface area is 123 Å². The smallest absolute Gasteiger partial charge is 0.256 e. The van der Waals surface area contributed by atoms with Gasteiger partial charge in [-0.25, -0.2) is 0 Å². The fraction of sp³-hybridized carbons (Fsp3) is 0.250. The highest BCUT2D eigenvalue weighted by Gasteiger charge is 2.14. The first-order valence-corrected chi connectivity index (χ1v) is 6.57. The molecule has 1 aromatic heterocycles. The van der Waals surface area contributed by atoms with Crippen molar-refractivity contribution in [1.82, 2.24) is 10.2 Å². The Balaban J connectivity index is 2.32. The van der Waals surface area contributed by atoms with Crippen molar-refractivity contribution in [3.8, 4) is 11.8 Å². The van der Waals surface area contributed by atoms with E-state index in [9.17, 15) is 4.79 Å². The monoisotopic (exact) mass is 283 g/mol. The number of nitrogens with zero attached hydrogens (tertiary/aromatic N) is 1. The number of anilines is 1. The molecule has 0 aliphatic rings. The summed E-state index contributed by atoms with van der Waals surface area (Å²) in [4.78, 5) is 12.4. The number of H-pyrrole nitrogens is 1. The van der Waals surface area contributed by atoms with E-state index in [1.165, 1.54) is 0 Å². The van der Waals surface area contributed by atoms with Gasteiger partial charge in [-0.2, -0.15) is 5.10 Å². The van der Waals surface area contributed by atoms with E-state index >= 15 is 0 Å². The van der Waals surface area contributed by atoms with Gasteiger partial charge in [0.15, 0.2) is 0 Å². The van der Waals surface area contributed by atoms with Gasteiger partial charge in [0.25, 0.3) is 5.91 Å². The zero-order chi connectivity index (χ0) is 15.4. The number of hydrogen-bond donors (Lipinski definition) is 3. The number of hydrogen-bond acceptors (Lipinski definition) is 3. The van der Waals surface area contributed by atoms with Crippen LogP contribution in [0, 0.1) is 32.6 Å². The van der Waals surface area contributed by atoms with Gasteiger partial charge in [0.2, 0.25) is 0 Å². The Bertz CT molecular complexity index is 716. The van der Waals surface area contributed by atoms with E-state index in [4.69, 9.17) is 5.11 Å². The molecule has 0 saturated heterocycles. The van der Waals surface area contributed by atoms with Crippen LogP contribution < -0.4 is 5.32 Å². The van der Waals surface area contributed by atoms with E-state index in [1.807, 2.05) is 26.8 Å². The molecular weight excluding hydrogens is 266 g/mol. The number of nitrogens with one attached hydrogen (secondary N) is 2. The van der Waals surface area contributed by atoms with Crippen LogP contribution in [0.5, 0.6) is 0 Å². The van der Waals surface area contributed by atoms with Crippen molar-refractivity contribution in [3.05, 3.63) is 46.3 Å². The number of aliphatic hydroxyl groups is 1. The van der Waals surface area contributed by atoms with Gasteiger partial charge in [0.1, 0.15) is 6.61 Å². The van der Waals surface area contributed by atoms with Gasteiger partial charge >= 0.3 is 0 Å². The van der Waals surface area contributed by atoms with Crippen molar-refractivity contribution < 1.29 is 9.90 Å². The molecule has 0 atom stereocenters. The normalized spacial score (nSPS) is 9.90. The van der Waals surface area contributed by atoms with Crippen LogP contribution in [0.25, 0.3) is 0 Å². The quantitative estimate of drug-likeness (QED) is 0.737. The van der Waals surface area contributed by atoms with Crippen LogP contribution >= 0.6 is 0 Å². The van der Waals surface area contributed by atoms with E-state index < -0.39 is 0 Å². The summed E-state index contributed by atoms with van der Waals surface area (Å²) in [5.74, 6) is 5.23. The van der Waals surface area contributed by atoms with Crippen LogP contribution in [0.15, 0.2) is 18.2 Å². The predicted molar refractivity (Wildman–Crippen MR) is 81.2 cm³/mol. The molecule has 21 heavy (non-hydrogen) atoms. The minimum atomic E-state index is -0.205. The van der Waals surface area contributed by atoms with Gasteiger partial charge in [-0.3, -0.25) is 9.89 Å². The Kier molecular flexibility index (Phi) is 4.41. The molecule has 5 heteroatoms. The number of amides is 1. The highest BCUT2D eigenvalue weighted by Crippen LogP contribution is 2.19. The average molecular weight is 283 g/mol. The lowest BCUT2D eigenvalue weighted by Gasteiger charge is -2.09. The number of benzene rings is 1. The number of aromatic amines is 1. The maximum Gasteiger partial charge on any atom is 0.256 e. The standard InChI is InChI=1S/C16H17N3O2/c1-10-13(7-5-9-20)6-4-8-14(10)16(21)17-15-11(2)18-19-12(15)3/h4,6,8,20H,9H2,1-3H3,(H,17,21)(H,18,19). The first-order valence-electron chi connectivity index (χ1n) is 6.57. The molecule has 3 N–H and O–H groups in total. The lowest BCUT2D eigenvalue weighted by molar-refractivity contribution is 0.102. The zero-order valence-corrected chi connectivity index (χ0v) is 12.2. The molecule has 2 aromatic rings. The molecule has 1 amide bonds. The molecule has 0 unspecified atom stereocenters. The molecule has 0 radical (unpaired) electrons. The molecule has 1 heterocycles. The number of aliphatic hydroxyl groups excluding tert-OH is 1. The Morgan fingerprint density at radius 3 is 2.76 bits per heavy atom. The van der Waals surface area contributed by atoms with Gasteiger partial charge in [-0.1, -0.05) is 17.9 Å². The van der Waals surface area contributed by atoms with Gasteiger partial charge in [0.05, 0.1) is 17.1 Å². The van der Waals surface area contributed by atoms with E-state index in [1.54, 1.807) is 12.1 Å². The Morgan fingerprint density at radius 2 is 2.14 bits per heavy atom. The summed E-state index contributed by atoms with van der Waals surface area (Å²) in [6.07, 6.45) is 0. The molecule has 0 aliphatic heterocycles. The summed E-state index contributed by atoms with van der Waals surface area (Å²) in [7, 11) is 0. The molecule has 0 aliphatic carbocycles. The van der Waals surface area contributed by atoms with Crippen LogP contribution in [0.4, 0.5) is 5.69 Å². The zero-order valence-electron chi connectivity index (χ0n) is 12.2. The fourth-order valence-electron chi connectivity index (χ4n) is 2.07. The highest BCUT2D eigenvalue weighted by molar-refractivity contribution is 6.06. The maximum absolute atomic E-state index is 12.4. The number of aromatic nitrogens is 2. The summed E-state index contributed by atoms with van der Waals surface area (Å²) in [6, 6.07) is 5.35. The van der Waals surface area contributed by atoms with E-state index in [0.29, 0.717) is 11.3 Å². The van der Waals surface area contributed by atoms with E-state index in [2.05, 4.69) is 27.4 Å². The summed E-state index contributed by atoms with van der Waals surface area (Å²) in [6.45, 7) is 5.31. The largest absolute Gasteiger partial charge is 0.384 e. The van der Waals surface area contributed by atoms with E-state index in [0.717, 1.165) is 22.5 Å². The predicted octanol–water partition coefficient (Wildman–Crippen LogP) is 1.93. The Hall–Kier alpha value is -2.58. The second-order valence-electron chi connectivity index (χ2n) is 4.70. The average Bonchev–Trinajstić information content (AvgIpc) is 2.78. The minimum absolute atomic E-state index is 0.201. The van der Waals surface area contributed by atoms with E-state index in [-0.39, 0.29) is 12.5 Å². The van der Waals surface area contributed by atoms with Crippen LogP contribution in [-0.2, 0) is 0 Å². The van der Waals surface area contributed by atoms with Crippen LogP contribution in [-0.4, -0.2) is 27.8 Å². The summed E-state index contributed by atoms with van der Waals surface area (Å²) in [5.41, 5.74) is 4.34. The van der Waals surface area contributed by atoms with Gasteiger partial charge in [-0.15, -0.1) is 0 Å². The summed E-state index contributed by atoms with van der Waals surface area (Å²) in [5, 5.41) is 18.5. The first-order chi connectivity index (χ1) is 10.0. The number of rotatable bonds is 2. The molecule has 0 bridgehead atoms. The molecular formula is C16H17N3O2. The first kappa shape index (κ1) is 14.8. The van der Waals surface area contributed by atoms with Crippen molar-refractivity contribution >= 4 is 11.6 Å². The van der Waals surface area contributed by atoms with Crippen molar-refractivity contribution in [2.24, 2.45) is 0 Å². The number of aryl methyl sites for hydroxylation is 2. The van der Waals surface area contributed by atoms with Crippen molar-refractivity contribution in [2.45, 2.75) is 20.8 Å². The second kappa shape index (κ2) is 6.25. The maximum atomic E-state index is 12.4. The molecule has 0 fully saturated rings. The SMILES string of the molecule is Cc1n[nH]c(C)c1NC(=O)c1cccc(C#CCO)c1C. The van der Waals surface area contributed by atoms with Gasteiger partial charge < -0.3 is 10.4 Å².